The van der Waals surface area contributed by atoms with Gasteiger partial charge in [0.05, 0.1) is 0 Å². The van der Waals surface area contributed by atoms with Crippen LogP contribution in [0.3, 0.4) is 0 Å². The molecule has 2 aromatic carbocycles. The number of nitrogens with zero attached hydrogens (tertiary/aromatic N) is 1. The molecule has 8 radical (unpaired) electrons. The molecule has 0 heterocycles. The first-order valence-electron chi connectivity index (χ1n) is 27.5. The number of benzene rings is 2. The van der Waals surface area contributed by atoms with Gasteiger partial charge in [-0.25, -0.2) is 0 Å². The molecule has 5 fully saturated rings. The molecule has 5 aliphatic carbocycles. The SMILES string of the molecule is CC(CSC(N)=S)C1(CSC(N)=S)CCCC(c2cccc3ccccc23)([N+](=O)[O-])C1.[CH2]C(C)C1([CH2])CCCCC1.[CH2]C(C)C1([CH2])CCCCC1.[CH2]C(C)C1([CH2])CCCCC1.[CH2]C(C)C1([CH2])CCCCC1. The largest absolute Gasteiger partial charge is 0.385 e. The Kier molecular flexibility index (Phi) is 26.8. The third kappa shape index (κ3) is 19.0. The molecule has 5 nitrogen and oxygen atoms in total. The molecule has 0 spiro atoms. The third-order valence-corrected chi connectivity index (χ3v) is 20.8. The molecule has 7 unspecified atom stereocenters. The summed E-state index contributed by atoms with van der Waals surface area (Å²) in [6.45, 7) is 44.3. The number of nitrogens with two attached hydrogens (primary N) is 2. The van der Waals surface area contributed by atoms with Crippen molar-refractivity contribution in [1.82, 2.24) is 0 Å². The van der Waals surface area contributed by atoms with Crippen molar-refractivity contribution in [2.75, 3.05) is 11.5 Å². The van der Waals surface area contributed by atoms with Crippen LogP contribution in [-0.4, -0.2) is 25.1 Å². The molecule has 0 bridgehead atoms. The van der Waals surface area contributed by atoms with Crippen molar-refractivity contribution in [3.05, 3.63) is 114 Å². The third-order valence-electron chi connectivity index (χ3n) is 18.2. The van der Waals surface area contributed by atoms with Gasteiger partial charge in [-0.1, -0.05) is 202 Å². The lowest BCUT2D eigenvalue weighted by molar-refractivity contribution is -0.588. The van der Waals surface area contributed by atoms with Gasteiger partial charge in [-0.15, -0.1) is 0 Å². The Balaban J connectivity index is 0.000000270. The van der Waals surface area contributed by atoms with E-state index in [-0.39, 0.29) is 16.3 Å². The van der Waals surface area contributed by atoms with Gasteiger partial charge in [0.25, 0.3) is 0 Å². The van der Waals surface area contributed by atoms with Gasteiger partial charge in [-0.05, 0) is 187 Å². The molecule has 4 N–H and O–H groups in total. The van der Waals surface area contributed by atoms with Crippen LogP contribution in [0.15, 0.2) is 42.5 Å². The number of nitro groups is 1. The molecule has 398 valence electrons. The Labute approximate surface area is 456 Å². The maximum absolute atomic E-state index is 12.7. The average molecular weight is 1050 g/mol. The summed E-state index contributed by atoms with van der Waals surface area (Å²) in [4.78, 5) is 12.7. The monoisotopic (exact) mass is 1050 g/mol. The Morgan fingerprint density at radius 2 is 0.930 bits per heavy atom. The lowest BCUT2D eigenvalue weighted by atomic mass is 9.60. The summed E-state index contributed by atoms with van der Waals surface area (Å²) in [5, 5.41) is 14.7. The van der Waals surface area contributed by atoms with Crippen molar-refractivity contribution in [2.45, 2.75) is 194 Å². The van der Waals surface area contributed by atoms with Crippen LogP contribution in [-0.2, 0) is 5.54 Å². The van der Waals surface area contributed by atoms with E-state index in [9.17, 15) is 10.1 Å². The predicted octanol–water partition coefficient (Wildman–Crippen LogP) is 18.4. The normalized spacial score (nSPS) is 24.9. The first kappa shape index (κ1) is 63.9. The Morgan fingerprint density at radius 1 is 0.563 bits per heavy atom. The van der Waals surface area contributed by atoms with Crippen molar-refractivity contribution in [1.29, 1.82) is 0 Å². The fourth-order valence-electron chi connectivity index (χ4n) is 11.9. The van der Waals surface area contributed by atoms with Crippen LogP contribution in [0.1, 0.15) is 194 Å². The van der Waals surface area contributed by atoms with Crippen LogP contribution in [0.5, 0.6) is 0 Å². The smallest absolute Gasteiger partial charge is 0.248 e. The van der Waals surface area contributed by atoms with Gasteiger partial charge in [-0.2, -0.15) is 0 Å². The molecule has 0 aromatic heterocycles. The van der Waals surface area contributed by atoms with Crippen molar-refractivity contribution in [3.8, 4) is 0 Å². The maximum atomic E-state index is 12.7. The van der Waals surface area contributed by atoms with E-state index in [0.717, 1.165) is 34.9 Å². The summed E-state index contributed by atoms with van der Waals surface area (Å²) in [7, 11) is 0. The van der Waals surface area contributed by atoms with Crippen LogP contribution >= 0.6 is 48.0 Å². The number of hydrogen-bond donors (Lipinski definition) is 2. The van der Waals surface area contributed by atoms with Gasteiger partial charge >= 0.3 is 0 Å². The Hall–Kier alpha value is -1.42. The van der Waals surface area contributed by atoms with Gasteiger partial charge in [0.1, 0.15) is 8.64 Å². The minimum atomic E-state index is -1.15. The summed E-state index contributed by atoms with van der Waals surface area (Å²) in [5.74, 6) is 3.62. The summed E-state index contributed by atoms with van der Waals surface area (Å²) < 4.78 is 0.769. The molecule has 0 saturated heterocycles. The van der Waals surface area contributed by atoms with Crippen molar-refractivity contribution >= 4 is 67.4 Å². The van der Waals surface area contributed by atoms with Crippen LogP contribution in [0.2, 0.25) is 0 Å². The van der Waals surface area contributed by atoms with E-state index in [0.29, 0.717) is 72.6 Å². The maximum Gasteiger partial charge on any atom is 0.248 e. The van der Waals surface area contributed by atoms with E-state index in [1.807, 2.05) is 42.5 Å². The van der Waals surface area contributed by atoms with Crippen LogP contribution in [0, 0.1) is 122 Å². The fraction of sp³-hybridized carbons (Fsp3) is 0.677. The number of hydrogen-bond acceptors (Lipinski definition) is 6. The predicted molar refractivity (Wildman–Crippen MR) is 323 cm³/mol. The summed E-state index contributed by atoms with van der Waals surface area (Å²) in [6, 6.07) is 13.8. The molecule has 7 rings (SSSR count). The lowest BCUT2D eigenvalue weighted by Gasteiger charge is -2.47. The molecule has 9 heteroatoms. The van der Waals surface area contributed by atoms with E-state index < -0.39 is 5.54 Å². The minimum Gasteiger partial charge on any atom is -0.385 e. The molecule has 2 aromatic rings. The number of rotatable bonds is 11. The van der Waals surface area contributed by atoms with Gasteiger partial charge < -0.3 is 11.5 Å². The highest BCUT2D eigenvalue weighted by Gasteiger charge is 2.56. The lowest BCUT2D eigenvalue weighted by Crippen LogP contribution is -2.49. The summed E-state index contributed by atoms with van der Waals surface area (Å²) in [6.07, 6.45) is 29.5. The zero-order valence-corrected chi connectivity index (χ0v) is 48.8. The van der Waals surface area contributed by atoms with Gasteiger partial charge in [-0.3, -0.25) is 10.1 Å². The van der Waals surface area contributed by atoms with E-state index >= 15 is 0 Å². The molecule has 5 aliphatic rings. The van der Waals surface area contributed by atoms with Gasteiger partial charge in [0, 0.05) is 34.8 Å². The zero-order valence-electron chi connectivity index (χ0n) is 45.5. The number of thiocarbonyl (C=S) groups is 2. The fourth-order valence-corrected chi connectivity index (χ4v) is 14.0. The van der Waals surface area contributed by atoms with Crippen molar-refractivity contribution < 1.29 is 4.92 Å². The van der Waals surface area contributed by atoms with E-state index in [2.05, 4.69) is 90.0 Å². The van der Waals surface area contributed by atoms with E-state index in [1.165, 1.54) is 152 Å². The second-order valence-electron chi connectivity index (χ2n) is 23.6. The molecule has 0 aliphatic heterocycles. The molecular formula is C62H99N3O2S4. The molecule has 0 amide bonds. The topological polar surface area (TPSA) is 95.2 Å². The average Bonchev–Trinajstić information content (AvgIpc) is 3.34. The molecule has 5 saturated carbocycles. The summed E-state index contributed by atoms with van der Waals surface area (Å²) in [5.41, 5.74) is 12.2. The number of fused-ring (bicyclic) bond motifs is 1. The quantitative estimate of drug-likeness (QED) is 0.131. The number of thioether (sulfide) groups is 2. The highest BCUT2D eigenvalue weighted by molar-refractivity contribution is 8.23. The van der Waals surface area contributed by atoms with Gasteiger partial charge in [0.2, 0.25) is 5.54 Å². The molecule has 7 atom stereocenters. The first-order valence-corrected chi connectivity index (χ1v) is 30.3. The van der Waals surface area contributed by atoms with Gasteiger partial charge in [0.15, 0.2) is 0 Å². The molecular weight excluding hydrogens is 947 g/mol. The Bertz CT molecular complexity index is 1770. The first-order chi connectivity index (χ1) is 33.3. The minimum absolute atomic E-state index is 0.0540. The highest BCUT2D eigenvalue weighted by atomic mass is 32.2. The molecule has 71 heavy (non-hydrogen) atoms. The van der Waals surface area contributed by atoms with Crippen LogP contribution < -0.4 is 11.5 Å². The van der Waals surface area contributed by atoms with Crippen molar-refractivity contribution in [2.24, 2.45) is 68.1 Å². The highest BCUT2D eigenvalue weighted by Crippen LogP contribution is 2.55. The summed E-state index contributed by atoms with van der Waals surface area (Å²) >= 11 is 13.1. The second kappa shape index (κ2) is 29.8. The zero-order chi connectivity index (χ0) is 53.1. The second-order valence-corrected chi connectivity index (χ2v) is 27.1. The van der Waals surface area contributed by atoms with Crippen LogP contribution in [0.4, 0.5) is 0 Å². The van der Waals surface area contributed by atoms with Crippen molar-refractivity contribution in [3.63, 3.8) is 0 Å². The van der Waals surface area contributed by atoms with Crippen LogP contribution in [0.25, 0.3) is 10.8 Å². The van der Waals surface area contributed by atoms with E-state index in [1.54, 1.807) is 0 Å². The van der Waals surface area contributed by atoms with E-state index in [4.69, 9.17) is 35.9 Å². The standard InChI is InChI=1S/C22H27N3O2S4.4C10H18/c1-15(12-30-19(23)28)21(14-31-20(24)29)10-5-11-22(13-21,25(26)27)18-9-4-7-16-6-2-3-8-17(16)18;4*1-9(2)10(3)7-5-4-6-8-10/h2-4,6-9,15H,5,10-14H2,1H3,(H2,23,28)(H2,24,29);4*9H,1,3-8H2,2H3. The Morgan fingerprint density at radius 3 is 1.27 bits per heavy atom.